The Morgan fingerprint density at radius 2 is 2.17 bits per heavy atom. The summed E-state index contributed by atoms with van der Waals surface area (Å²) in [6.45, 7) is 0. The van der Waals surface area contributed by atoms with E-state index in [1.54, 1.807) is 0 Å². The monoisotopic (exact) mass is 249 g/mol. The van der Waals surface area contributed by atoms with Crippen LogP contribution in [0.5, 0.6) is 5.75 Å². The van der Waals surface area contributed by atoms with Crippen LogP contribution >= 0.6 is 0 Å². The molecule has 0 aliphatic heterocycles. The second-order valence-corrected chi connectivity index (χ2v) is 5.42. The van der Waals surface area contributed by atoms with Gasteiger partial charge in [0.05, 0.1) is 5.56 Å². The summed E-state index contributed by atoms with van der Waals surface area (Å²) in [7, 11) is 0. The highest BCUT2D eigenvalue weighted by atomic mass is 19.1. The Hall–Kier alpha value is -1.58. The molecule has 0 aromatic heterocycles. The smallest absolute Gasteiger partial charge is 0.255 e. The van der Waals surface area contributed by atoms with Gasteiger partial charge >= 0.3 is 0 Å². The zero-order valence-corrected chi connectivity index (χ0v) is 10.0. The van der Waals surface area contributed by atoms with Gasteiger partial charge in [-0.3, -0.25) is 4.79 Å². The van der Waals surface area contributed by atoms with Gasteiger partial charge in [0.15, 0.2) is 0 Å². The summed E-state index contributed by atoms with van der Waals surface area (Å²) in [6.07, 6.45) is 4.71. The van der Waals surface area contributed by atoms with Crippen LogP contribution in [0.1, 0.15) is 36.0 Å². The molecule has 2 bridgehead atoms. The number of carbonyl (C=O) groups excluding carboxylic acids is 1. The molecule has 2 N–H and O–H groups in total. The van der Waals surface area contributed by atoms with Crippen molar-refractivity contribution in [1.82, 2.24) is 5.32 Å². The molecule has 1 amide bonds. The molecule has 0 heterocycles. The first-order valence-corrected chi connectivity index (χ1v) is 6.43. The van der Waals surface area contributed by atoms with Crippen LogP contribution in [-0.2, 0) is 0 Å². The predicted molar refractivity (Wildman–Crippen MR) is 64.8 cm³/mol. The van der Waals surface area contributed by atoms with E-state index in [9.17, 15) is 14.3 Å². The highest BCUT2D eigenvalue weighted by molar-refractivity contribution is 5.97. The maximum absolute atomic E-state index is 12.8. The Morgan fingerprint density at radius 3 is 2.78 bits per heavy atom. The van der Waals surface area contributed by atoms with Gasteiger partial charge in [-0.1, -0.05) is 6.42 Å². The third-order valence-electron chi connectivity index (χ3n) is 4.26. The van der Waals surface area contributed by atoms with Gasteiger partial charge in [0, 0.05) is 12.1 Å². The van der Waals surface area contributed by atoms with Crippen molar-refractivity contribution in [3.63, 3.8) is 0 Å². The number of rotatable bonds is 2. The van der Waals surface area contributed by atoms with Gasteiger partial charge in [0.25, 0.3) is 5.91 Å². The maximum Gasteiger partial charge on any atom is 0.255 e. The van der Waals surface area contributed by atoms with Crippen molar-refractivity contribution in [3.8, 4) is 5.75 Å². The lowest BCUT2D eigenvalue weighted by molar-refractivity contribution is 0.0920. The van der Waals surface area contributed by atoms with E-state index >= 15 is 0 Å². The summed E-state index contributed by atoms with van der Waals surface area (Å²) in [5.41, 5.74) is 0.152. The second kappa shape index (κ2) is 4.26. The molecule has 2 aliphatic rings. The summed E-state index contributed by atoms with van der Waals surface area (Å²) in [6, 6.07) is 3.71. The first-order chi connectivity index (χ1) is 8.63. The molecule has 3 unspecified atom stereocenters. The molecule has 18 heavy (non-hydrogen) atoms. The molecule has 4 heteroatoms. The van der Waals surface area contributed by atoms with Crippen molar-refractivity contribution in [3.05, 3.63) is 29.6 Å². The molecule has 0 spiro atoms. The molecule has 1 aromatic carbocycles. The highest BCUT2D eigenvalue weighted by Crippen LogP contribution is 2.44. The van der Waals surface area contributed by atoms with Crippen molar-refractivity contribution >= 4 is 5.91 Å². The number of amides is 1. The third kappa shape index (κ3) is 1.96. The number of halogens is 1. The van der Waals surface area contributed by atoms with E-state index in [4.69, 9.17) is 0 Å². The van der Waals surface area contributed by atoms with Crippen LogP contribution in [0.25, 0.3) is 0 Å². The molecule has 2 fully saturated rings. The van der Waals surface area contributed by atoms with Gasteiger partial charge in [-0.25, -0.2) is 4.39 Å². The van der Waals surface area contributed by atoms with Crippen LogP contribution in [-0.4, -0.2) is 17.1 Å². The number of phenols is 1. The molecule has 3 nitrogen and oxygen atoms in total. The predicted octanol–water partition coefficient (Wildman–Crippen LogP) is 2.45. The summed E-state index contributed by atoms with van der Waals surface area (Å²) in [5.74, 6) is 0.202. The molecular weight excluding hydrogens is 233 g/mol. The van der Waals surface area contributed by atoms with Crippen LogP contribution in [0.4, 0.5) is 4.39 Å². The average molecular weight is 249 g/mol. The SMILES string of the molecule is O=C(NC1CC2CCC1C2)c1ccc(F)cc1O. The zero-order chi connectivity index (χ0) is 12.7. The quantitative estimate of drug-likeness (QED) is 0.845. The van der Waals surface area contributed by atoms with Gasteiger partial charge in [-0.15, -0.1) is 0 Å². The molecule has 96 valence electrons. The molecule has 0 saturated heterocycles. The lowest BCUT2D eigenvalue weighted by atomic mass is 9.95. The summed E-state index contributed by atoms with van der Waals surface area (Å²) in [4.78, 5) is 12.0. The van der Waals surface area contributed by atoms with Gasteiger partial charge in [-0.2, -0.15) is 0 Å². The minimum Gasteiger partial charge on any atom is -0.507 e. The fraction of sp³-hybridized carbons (Fsp3) is 0.500. The normalized spacial score (nSPS) is 29.5. The van der Waals surface area contributed by atoms with Crippen LogP contribution in [0.3, 0.4) is 0 Å². The summed E-state index contributed by atoms with van der Waals surface area (Å²) >= 11 is 0. The fourth-order valence-electron chi connectivity index (χ4n) is 3.36. The van der Waals surface area contributed by atoms with Gasteiger partial charge < -0.3 is 10.4 Å². The lowest BCUT2D eigenvalue weighted by Gasteiger charge is -2.23. The average Bonchev–Trinajstić information content (AvgIpc) is 2.90. The number of phenolic OH excluding ortho intramolecular Hbond substituents is 1. The molecule has 2 saturated carbocycles. The maximum atomic E-state index is 12.8. The van der Waals surface area contributed by atoms with Crippen molar-refractivity contribution in [2.45, 2.75) is 31.7 Å². The van der Waals surface area contributed by atoms with E-state index in [0.717, 1.165) is 18.4 Å². The largest absolute Gasteiger partial charge is 0.507 e. The Labute approximate surface area is 105 Å². The van der Waals surface area contributed by atoms with Gasteiger partial charge in [0.1, 0.15) is 11.6 Å². The van der Waals surface area contributed by atoms with Crippen LogP contribution in [0.15, 0.2) is 18.2 Å². The van der Waals surface area contributed by atoms with E-state index in [1.165, 1.54) is 31.4 Å². The fourth-order valence-corrected chi connectivity index (χ4v) is 3.36. The summed E-state index contributed by atoms with van der Waals surface area (Å²) < 4.78 is 12.8. The second-order valence-electron chi connectivity index (χ2n) is 5.42. The number of carbonyl (C=O) groups is 1. The Bertz CT molecular complexity index is 489. The van der Waals surface area contributed by atoms with Crippen molar-refractivity contribution in [1.29, 1.82) is 0 Å². The van der Waals surface area contributed by atoms with Crippen LogP contribution in [0, 0.1) is 17.7 Å². The molecule has 2 aliphatic carbocycles. The lowest BCUT2D eigenvalue weighted by Crippen LogP contribution is -2.38. The molecule has 1 aromatic rings. The molecule has 0 radical (unpaired) electrons. The molecule has 3 rings (SSSR count). The van der Waals surface area contributed by atoms with E-state index in [2.05, 4.69) is 5.32 Å². The first kappa shape index (κ1) is 11.5. The minimum atomic E-state index is -0.538. The minimum absolute atomic E-state index is 0.152. The van der Waals surface area contributed by atoms with Crippen molar-refractivity contribution < 1.29 is 14.3 Å². The number of hydrogen-bond donors (Lipinski definition) is 2. The summed E-state index contributed by atoms with van der Waals surface area (Å²) in [5, 5.41) is 12.5. The number of hydrogen-bond acceptors (Lipinski definition) is 2. The Balaban J connectivity index is 1.71. The molecule has 3 atom stereocenters. The van der Waals surface area contributed by atoms with Crippen LogP contribution in [0.2, 0.25) is 0 Å². The topological polar surface area (TPSA) is 49.3 Å². The van der Waals surface area contributed by atoms with E-state index in [1.807, 2.05) is 0 Å². The highest BCUT2D eigenvalue weighted by Gasteiger charge is 2.40. The zero-order valence-electron chi connectivity index (χ0n) is 10.0. The van der Waals surface area contributed by atoms with E-state index in [0.29, 0.717) is 5.92 Å². The first-order valence-electron chi connectivity index (χ1n) is 6.43. The Kier molecular flexibility index (Phi) is 2.73. The van der Waals surface area contributed by atoms with Crippen molar-refractivity contribution in [2.75, 3.05) is 0 Å². The number of fused-ring (bicyclic) bond motifs is 2. The van der Waals surface area contributed by atoms with Crippen molar-refractivity contribution in [2.24, 2.45) is 11.8 Å². The number of aromatic hydroxyl groups is 1. The van der Waals surface area contributed by atoms with E-state index in [-0.39, 0.29) is 23.3 Å². The van der Waals surface area contributed by atoms with Crippen LogP contribution < -0.4 is 5.32 Å². The Morgan fingerprint density at radius 1 is 1.33 bits per heavy atom. The van der Waals surface area contributed by atoms with Gasteiger partial charge in [-0.05, 0) is 43.2 Å². The standard InChI is InChI=1S/C14H16FNO2/c15-10-3-4-11(13(17)7-10)14(18)16-12-6-8-1-2-9(12)5-8/h3-4,7-9,12,17H,1-2,5-6H2,(H,16,18). The van der Waals surface area contributed by atoms with Gasteiger partial charge in [0.2, 0.25) is 0 Å². The van der Waals surface area contributed by atoms with E-state index < -0.39 is 5.82 Å². The number of benzene rings is 1. The third-order valence-corrected chi connectivity index (χ3v) is 4.26. The molecular formula is C14H16FNO2. The number of nitrogens with one attached hydrogen (secondary N) is 1.